The Morgan fingerprint density at radius 2 is 1.43 bits per heavy atom. The van der Waals surface area contributed by atoms with E-state index in [0.717, 1.165) is 10.0 Å². The van der Waals surface area contributed by atoms with Crippen molar-refractivity contribution in [3.05, 3.63) is 118 Å². The van der Waals surface area contributed by atoms with Crippen molar-refractivity contribution in [3.8, 4) is 0 Å². The third-order valence-electron chi connectivity index (χ3n) is 5.76. The normalized spacial score (nSPS) is 14.6. The van der Waals surface area contributed by atoms with Gasteiger partial charge >= 0.3 is 0 Å². The first kappa shape index (κ1) is 22.6. The number of hydrogen-bond acceptors (Lipinski definition) is 4. The maximum atomic E-state index is 13.5. The molecule has 3 aromatic carbocycles. The fraction of sp³-hybridized carbons (Fsp3) is 0.0741. The van der Waals surface area contributed by atoms with Gasteiger partial charge in [-0.3, -0.25) is 9.59 Å². The number of aromatic nitrogens is 2. The second kappa shape index (κ2) is 9.60. The van der Waals surface area contributed by atoms with Gasteiger partial charge in [-0.05, 0) is 48.9 Å². The summed E-state index contributed by atoms with van der Waals surface area (Å²) in [7, 11) is 0. The Morgan fingerprint density at radius 1 is 0.857 bits per heavy atom. The van der Waals surface area contributed by atoms with Gasteiger partial charge in [-0.25, -0.2) is 4.68 Å². The summed E-state index contributed by atoms with van der Waals surface area (Å²) >= 11 is 3.48. The van der Waals surface area contributed by atoms with E-state index in [1.165, 1.54) is 6.20 Å². The predicted octanol–water partition coefficient (Wildman–Crippen LogP) is 5.83. The van der Waals surface area contributed by atoms with Gasteiger partial charge in [-0.2, -0.15) is 5.10 Å². The minimum atomic E-state index is -0.527. The predicted molar refractivity (Wildman–Crippen MR) is 140 cm³/mol. The van der Waals surface area contributed by atoms with Gasteiger partial charge in [0.2, 0.25) is 0 Å². The fourth-order valence-electron chi connectivity index (χ4n) is 4.11. The van der Waals surface area contributed by atoms with Gasteiger partial charge in [0.15, 0.2) is 0 Å². The van der Waals surface area contributed by atoms with Crippen LogP contribution >= 0.6 is 15.9 Å². The fourth-order valence-corrected chi connectivity index (χ4v) is 4.37. The van der Waals surface area contributed by atoms with E-state index in [2.05, 4.69) is 37.0 Å². The Hall–Kier alpha value is -4.17. The number of rotatable bonds is 5. The Kier molecular flexibility index (Phi) is 6.20. The SMILES string of the molecule is CC1=C(C(=O)Nc2ccccc2)[C@@H](c2ccc(Br)cc2)n2ncc(C(=O)Nc3ccccc3)c2N1. The van der Waals surface area contributed by atoms with Crippen LogP contribution in [0.15, 0.2) is 107 Å². The third kappa shape index (κ3) is 4.61. The van der Waals surface area contributed by atoms with E-state index in [9.17, 15) is 9.59 Å². The molecule has 0 radical (unpaired) electrons. The van der Waals surface area contributed by atoms with Gasteiger partial charge in [0, 0.05) is 21.5 Å². The van der Waals surface area contributed by atoms with Crippen molar-refractivity contribution in [3.63, 3.8) is 0 Å². The van der Waals surface area contributed by atoms with Gasteiger partial charge in [-0.15, -0.1) is 0 Å². The standard InChI is InChI=1S/C27H22BrN5O2/c1-17-23(27(35)32-21-10-6-3-7-11-21)24(18-12-14-19(28)15-13-18)33-25(30-17)22(16-29-33)26(34)31-20-8-4-2-5-9-20/h2-16,24,30H,1H3,(H,31,34)(H,32,35)/t24-/m1/s1. The molecule has 2 amide bonds. The zero-order valence-electron chi connectivity index (χ0n) is 18.8. The van der Waals surface area contributed by atoms with Crippen molar-refractivity contribution in [2.45, 2.75) is 13.0 Å². The topological polar surface area (TPSA) is 88.0 Å². The molecule has 0 bridgehead atoms. The zero-order chi connectivity index (χ0) is 24.4. The summed E-state index contributed by atoms with van der Waals surface area (Å²) in [5.74, 6) is -0.00448. The van der Waals surface area contributed by atoms with Crippen LogP contribution in [0.3, 0.4) is 0 Å². The van der Waals surface area contributed by atoms with E-state index in [4.69, 9.17) is 0 Å². The van der Waals surface area contributed by atoms with Crippen molar-refractivity contribution in [1.29, 1.82) is 0 Å². The molecule has 5 rings (SSSR count). The highest BCUT2D eigenvalue weighted by molar-refractivity contribution is 9.10. The lowest BCUT2D eigenvalue weighted by Crippen LogP contribution is -2.32. The number of carbonyl (C=O) groups excluding carboxylic acids is 2. The summed E-state index contributed by atoms with van der Waals surface area (Å²) in [5.41, 5.74) is 3.80. The molecule has 3 N–H and O–H groups in total. The smallest absolute Gasteiger partial charge is 0.261 e. The quantitative estimate of drug-likeness (QED) is 0.305. The minimum absolute atomic E-state index is 0.245. The molecule has 35 heavy (non-hydrogen) atoms. The largest absolute Gasteiger partial charge is 0.343 e. The number of hydrogen-bond donors (Lipinski definition) is 3. The summed E-state index contributed by atoms with van der Waals surface area (Å²) in [6.07, 6.45) is 1.53. The number of nitrogens with one attached hydrogen (secondary N) is 3. The lowest BCUT2D eigenvalue weighted by Gasteiger charge is -2.30. The van der Waals surface area contributed by atoms with Crippen molar-refractivity contribution in [1.82, 2.24) is 9.78 Å². The Morgan fingerprint density at radius 3 is 2.03 bits per heavy atom. The minimum Gasteiger partial charge on any atom is -0.343 e. The van der Waals surface area contributed by atoms with Gasteiger partial charge in [0.05, 0.1) is 11.8 Å². The van der Waals surface area contributed by atoms with Crippen molar-refractivity contribution < 1.29 is 9.59 Å². The van der Waals surface area contributed by atoms with Crippen LogP contribution in [0.1, 0.15) is 28.9 Å². The van der Waals surface area contributed by atoms with E-state index in [0.29, 0.717) is 34.0 Å². The number of para-hydroxylation sites is 2. The highest BCUT2D eigenvalue weighted by Crippen LogP contribution is 2.38. The monoisotopic (exact) mass is 527 g/mol. The van der Waals surface area contributed by atoms with E-state index < -0.39 is 6.04 Å². The van der Waals surface area contributed by atoms with Crippen LogP contribution in [-0.4, -0.2) is 21.6 Å². The van der Waals surface area contributed by atoms with E-state index >= 15 is 0 Å². The number of nitrogens with zero attached hydrogens (tertiary/aromatic N) is 2. The number of carbonyl (C=O) groups is 2. The summed E-state index contributed by atoms with van der Waals surface area (Å²) < 4.78 is 2.62. The van der Waals surface area contributed by atoms with E-state index in [1.807, 2.05) is 91.9 Å². The van der Waals surface area contributed by atoms with E-state index in [1.54, 1.807) is 4.68 Å². The molecule has 1 aliphatic heterocycles. The van der Waals surface area contributed by atoms with Gasteiger partial charge < -0.3 is 16.0 Å². The molecule has 0 saturated carbocycles. The summed E-state index contributed by atoms with van der Waals surface area (Å²) in [5, 5.41) is 13.7. The number of benzene rings is 3. The molecule has 8 heteroatoms. The van der Waals surface area contributed by atoms with Crippen molar-refractivity contribution in [2.75, 3.05) is 16.0 Å². The first-order valence-electron chi connectivity index (χ1n) is 11.0. The number of allylic oxidation sites excluding steroid dienone is 1. The third-order valence-corrected chi connectivity index (χ3v) is 6.29. The van der Waals surface area contributed by atoms with Crippen LogP contribution in [0.25, 0.3) is 0 Å². The molecule has 7 nitrogen and oxygen atoms in total. The maximum Gasteiger partial charge on any atom is 0.261 e. The molecule has 1 atom stereocenters. The van der Waals surface area contributed by atoms with Crippen LogP contribution in [0.2, 0.25) is 0 Å². The highest BCUT2D eigenvalue weighted by Gasteiger charge is 2.35. The number of halogens is 1. The maximum absolute atomic E-state index is 13.5. The number of anilines is 3. The average Bonchev–Trinajstić information content (AvgIpc) is 3.28. The number of amides is 2. The summed E-state index contributed by atoms with van der Waals surface area (Å²) in [4.78, 5) is 26.6. The van der Waals surface area contributed by atoms with Gasteiger partial charge in [0.25, 0.3) is 11.8 Å². The highest BCUT2D eigenvalue weighted by atomic mass is 79.9. The van der Waals surface area contributed by atoms with Crippen LogP contribution in [0.5, 0.6) is 0 Å². The van der Waals surface area contributed by atoms with Crippen molar-refractivity contribution >= 4 is 44.9 Å². The number of fused-ring (bicyclic) bond motifs is 1. The van der Waals surface area contributed by atoms with Crippen LogP contribution in [0.4, 0.5) is 17.2 Å². The second-order valence-corrected chi connectivity index (χ2v) is 9.03. The molecule has 0 saturated heterocycles. The lowest BCUT2D eigenvalue weighted by molar-refractivity contribution is -0.113. The van der Waals surface area contributed by atoms with Crippen LogP contribution < -0.4 is 16.0 Å². The molecule has 174 valence electrons. The summed E-state index contributed by atoms with van der Waals surface area (Å²) in [6, 6.07) is 25.8. The average molecular weight is 528 g/mol. The first-order chi connectivity index (χ1) is 17.0. The molecule has 0 unspecified atom stereocenters. The Labute approximate surface area is 211 Å². The zero-order valence-corrected chi connectivity index (χ0v) is 20.4. The Balaban J connectivity index is 1.55. The van der Waals surface area contributed by atoms with Crippen LogP contribution in [-0.2, 0) is 4.79 Å². The van der Waals surface area contributed by atoms with Gasteiger partial charge in [-0.1, -0.05) is 64.5 Å². The lowest BCUT2D eigenvalue weighted by atomic mass is 9.94. The molecule has 1 aliphatic rings. The van der Waals surface area contributed by atoms with Crippen molar-refractivity contribution in [2.24, 2.45) is 0 Å². The molecule has 0 fully saturated rings. The molecule has 4 aromatic rings. The van der Waals surface area contributed by atoms with Crippen LogP contribution in [0, 0.1) is 0 Å². The summed E-state index contributed by atoms with van der Waals surface area (Å²) in [6.45, 7) is 1.83. The molecule has 0 spiro atoms. The molecule has 0 aliphatic carbocycles. The molecular weight excluding hydrogens is 506 g/mol. The molecule has 1 aromatic heterocycles. The molecular formula is C27H22BrN5O2. The first-order valence-corrected chi connectivity index (χ1v) is 11.8. The van der Waals surface area contributed by atoms with E-state index in [-0.39, 0.29) is 11.8 Å². The molecule has 2 heterocycles. The second-order valence-electron chi connectivity index (χ2n) is 8.11. The van der Waals surface area contributed by atoms with Gasteiger partial charge in [0.1, 0.15) is 17.4 Å². The Bertz CT molecular complexity index is 1410.